The number of halogens is 4. The van der Waals surface area contributed by atoms with Crippen LogP contribution in [0.1, 0.15) is 17.0 Å². The number of aryl methyl sites for hydroxylation is 3. The van der Waals surface area contributed by atoms with Crippen LogP contribution in [0.3, 0.4) is 0 Å². The Morgan fingerprint density at radius 2 is 1.93 bits per heavy atom. The first-order valence-electron chi connectivity index (χ1n) is 8.14. The van der Waals surface area contributed by atoms with Crippen LogP contribution in [-0.2, 0) is 18.0 Å². The van der Waals surface area contributed by atoms with Crippen LogP contribution in [0, 0.1) is 13.8 Å². The van der Waals surface area contributed by atoms with Crippen molar-refractivity contribution in [3.63, 3.8) is 0 Å². The molecule has 3 heterocycles. The molecule has 7 nitrogen and oxygen atoms in total. The maximum Gasteiger partial charge on any atom is 0.417 e. The van der Waals surface area contributed by atoms with Crippen LogP contribution in [0.25, 0.3) is 11.0 Å². The number of aromatic nitrogens is 4. The molecule has 0 bridgehead atoms. The fraction of sp³-hybridized carbons (Fsp3) is 0.294. The molecule has 3 rings (SSSR count). The Morgan fingerprint density at radius 1 is 1.21 bits per heavy atom. The molecule has 1 amide bonds. The highest BCUT2D eigenvalue weighted by molar-refractivity contribution is 6.29. The minimum Gasteiger partial charge on any atom is -0.361 e. The maximum atomic E-state index is 13.5. The summed E-state index contributed by atoms with van der Waals surface area (Å²) in [6, 6.07) is 3.96. The summed E-state index contributed by atoms with van der Waals surface area (Å²) < 4.78 is 41.6. The number of nitrogens with zero attached hydrogens (tertiary/aromatic N) is 4. The van der Waals surface area contributed by atoms with Crippen LogP contribution in [0.4, 0.5) is 24.7 Å². The molecule has 0 aromatic carbocycles. The zero-order chi connectivity index (χ0) is 20.6. The van der Waals surface area contributed by atoms with Crippen molar-refractivity contribution < 1.29 is 18.0 Å². The predicted octanol–water partition coefficient (Wildman–Crippen LogP) is 3.70. The number of anilines is 2. The Balaban J connectivity index is 1.82. The van der Waals surface area contributed by atoms with Gasteiger partial charge in [0.2, 0.25) is 5.91 Å². The topological polar surface area (TPSA) is 84.7 Å². The largest absolute Gasteiger partial charge is 0.417 e. The lowest BCUT2D eigenvalue weighted by Crippen LogP contribution is -2.22. The van der Waals surface area contributed by atoms with Crippen LogP contribution in [-0.4, -0.2) is 32.2 Å². The van der Waals surface area contributed by atoms with E-state index in [1.807, 2.05) is 0 Å². The zero-order valence-electron chi connectivity index (χ0n) is 15.1. The number of carbonyl (C=O) groups excluding carboxylic acids is 1. The molecule has 0 radical (unpaired) electrons. The summed E-state index contributed by atoms with van der Waals surface area (Å²) in [5.74, 6) is -0.555. The van der Waals surface area contributed by atoms with Crippen molar-refractivity contribution in [2.45, 2.75) is 20.0 Å². The van der Waals surface area contributed by atoms with Crippen molar-refractivity contribution in [3.8, 4) is 0 Å². The van der Waals surface area contributed by atoms with Gasteiger partial charge in [-0.3, -0.25) is 9.48 Å². The van der Waals surface area contributed by atoms with E-state index in [1.54, 1.807) is 13.0 Å². The number of amides is 1. The van der Waals surface area contributed by atoms with E-state index in [9.17, 15) is 18.0 Å². The second-order valence-electron chi connectivity index (χ2n) is 6.18. The molecule has 3 aromatic heterocycles. The Hall–Kier alpha value is -2.88. The molecule has 2 N–H and O–H groups in total. The van der Waals surface area contributed by atoms with Gasteiger partial charge >= 0.3 is 6.18 Å². The van der Waals surface area contributed by atoms with Gasteiger partial charge in [0.15, 0.2) is 5.65 Å². The van der Waals surface area contributed by atoms with E-state index >= 15 is 0 Å². The summed E-state index contributed by atoms with van der Waals surface area (Å²) in [5, 5.41) is 9.38. The number of hydrogen-bond donors (Lipinski definition) is 2. The third kappa shape index (κ3) is 4.16. The minimum absolute atomic E-state index is 0.0631. The fourth-order valence-corrected chi connectivity index (χ4v) is 3.09. The molecule has 0 fully saturated rings. The van der Waals surface area contributed by atoms with Crippen LogP contribution in [0.2, 0.25) is 5.15 Å². The summed E-state index contributed by atoms with van der Waals surface area (Å²) in [6.45, 7) is 2.92. The van der Waals surface area contributed by atoms with Gasteiger partial charge < -0.3 is 10.6 Å². The van der Waals surface area contributed by atoms with E-state index in [4.69, 9.17) is 11.6 Å². The molecule has 0 saturated carbocycles. The molecule has 0 unspecified atom stereocenters. The Kier molecular flexibility index (Phi) is 5.16. The highest BCUT2D eigenvalue weighted by atomic mass is 35.5. The third-order valence-electron chi connectivity index (χ3n) is 3.91. The number of rotatable bonds is 4. The molecule has 0 aliphatic heterocycles. The molecule has 0 saturated heterocycles. The second kappa shape index (κ2) is 7.27. The zero-order valence-corrected chi connectivity index (χ0v) is 15.9. The Labute approximate surface area is 162 Å². The summed E-state index contributed by atoms with van der Waals surface area (Å²) >= 11 is 5.84. The molecule has 148 valence electrons. The standard InChI is InChI=1S/C17H16ClF3N6O/c1-8-4-10(5-12(18)23-8)24-14(28)7-22-13-6-11(17(19,20)21)15-9(2)26-27(3)16(15)25-13/h4-6H,7H2,1-3H3,(H,22,25)(H,23,24,28). The minimum atomic E-state index is -4.58. The van der Waals surface area contributed by atoms with Crippen molar-refractivity contribution in [3.05, 3.63) is 40.3 Å². The molecule has 0 atom stereocenters. The smallest absolute Gasteiger partial charge is 0.361 e. The summed E-state index contributed by atoms with van der Waals surface area (Å²) in [6.07, 6.45) is -4.58. The van der Waals surface area contributed by atoms with E-state index in [0.717, 1.165) is 6.07 Å². The Bertz CT molecular complexity index is 1040. The molecule has 0 spiro atoms. The van der Waals surface area contributed by atoms with Crippen molar-refractivity contribution in [2.75, 3.05) is 17.2 Å². The van der Waals surface area contributed by atoms with Gasteiger partial charge in [0.05, 0.1) is 23.2 Å². The lowest BCUT2D eigenvalue weighted by atomic mass is 10.1. The van der Waals surface area contributed by atoms with Gasteiger partial charge in [-0.2, -0.15) is 18.3 Å². The number of alkyl halides is 3. The number of fused-ring (bicyclic) bond motifs is 1. The average molecular weight is 413 g/mol. The van der Waals surface area contributed by atoms with Gasteiger partial charge in [0.25, 0.3) is 0 Å². The SMILES string of the molecule is Cc1cc(NC(=O)CNc2cc(C(F)(F)F)c3c(C)nn(C)c3n2)cc(Cl)n1. The normalized spacial score (nSPS) is 11.7. The first kappa shape index (κ1) is 19.9. The lowest BCUT2D eigenvalue weighted by molar-refractivity contribution is -0.136. The van der Waals surface area contributed by atoms with Crippen LogP contribution in [0.5, 0.6) is 0 Å². The van der Waals surface area contributed by atoms with E-state index in [-0.39, 0.29) is 34.2 Å². The number of carbonyl (C=O) groups is 1. The Morgan fingerprint density at radius 3 is 2.57 bits per heavy atom. The second-order valence-corrected chi connectivity index (χ2v) is 6.57. The summed E-state index contributed by atoms with van der Waals surface area (Å²) in [7, 11) is 1.51. The van der Waals surface area contributed by atoms with Gasteiger partial charge in [-0.1, -0.05) is 11.6 Å². The van der Waals surface area contributed by atoms with Crippen molar-refractivity contribution in [1.29, 1.82) is 0 Å². The first-order valence-corrected chi connectivity index (χ1v) is 8.52. The lowest BCUT2D eigenvalue weighted by Gasteiger charge is -2.12. The van der Waals surface area contributed by atoms with Crippen molar-refractivity contribution in [1.82, 2.24) is 19.7 Å². The van der Waals surface area contributed by atoms with E-state index in [0.29, 0.717) is 11.4 Å². The molecular formula is C17H16ClF3N6O. The molecule has 0 aliphatic rings. The highest BCUT2D eigenvalue weighted by Gasteiger charge is 2.35. The van der Waals surface area contributed by atoms with Gasteiger partial charge in [-0.25, -0.2) is 9.97 Å². The maximum absolute atomic E-state index is 13.5. The molecular weight excluding hydrogens is 397 g/mol. The van der Waals surface area contributed by atoms with Gasteiger partial charge in [0.1, 0.15) is 11.0 Å². The van der Waals surface area contributed by atoms with Gasteiger partial charge in [0, 0.05) is 18.4 Å². The third-order valence-corrected chi connectivity index (χ3v) is 4.10. The summed E-state index contributed by atoms with van der Waals surface area (Å²) in [5.41, 5.74) is 0.496. The van der Waals surface area contributed by atoms with E-state index in [1.165, 1.54) is 24.7 Å². The van der Waals surface area contributed by atoms with Crippen molar-refractivity contribution in [2.24, 2.45) is 7.05 Å². The molecule has 3 aromatic rings. The number of pyridine rings is 2. The van der Waals surface area contributed by atoms with Crippen molar-refractivity contribution >= 4 is 40.0 Å². The molecule has 11 heteroatoms. The first-order chi connectivity index (χ1) is 13.0. The molecule has 0 aliphatic carbocycles. The highest BCUT2D eigenvalue weighted by Crippen LogP contribution is 2.36. The number of hydrogen-bond acceptors (Lipinski definition) is 5. The number of nitrogens with one attached hydrogen (secondary N) is 2. The van der Waals surface area contributed by atoms with Gasteiger partial charge in [-0.05, 0) is 32.0 Å². The van der Waals surface area contributed by atoms with E-state index in [2.05, 4.69) is 25.7 Å². The van der Waals surface area contributed by atoms with Gasteiger partial charge in [-0.15, -0.1) is 0 Å². The fourth-order valence-electron chi connectivity index (χ4n) is 2.84. The summed E-state index contributed by atoms with van der Waals surface area (Å²) in [4.78, 5) is 20.3. The monoisotopic (exact) mass is 412 g/mol. The predicted molar refractivity (Wildman–Crippen MR) is 99.4 cm³/mol. The van der Waals surface area contributed by atoms with Crippen LogP contribution < -0.4 is 10.6 Å². The molecule has 28 heavy (non-hydrogen) atoms. The average Bonchev–Trinajstić information content (AvgIpc) is 2.85. The van der Waals surface area contributed by atoms with E-state index < -0.39 is 17.6 Å². The van der Waals surface area contributed by atoms with Crippen LogP contribution >= 0.6 is 11.6 Å². The quantitative estimate of drug-likeness (QED) is 0.638. The van der Waals surface area contributed by atoms with Crippen LogP contribution in [0.15, 0.2) is 18.2 Å².